The van der Waals surface area contributed by atoms with E-state index in [1.54, 1.807) is 6.07 Å². The van der Waals surface area contributed by atoms with Crippen LogP contribution in [0.3, 0.4) is 0 Å². The molecule has 1 aromatic carbocycles. The fraction of sp³-hybridized carbons (Fsp3) is 0.538. The number of hydrogen-bond donors (Lipinski definition) is 1. The Kier molecular flexibility index (Phi) is 4.68. The number of thioether (sulfide) groups is 1. The third kappa shape index (κ3) is 3.13. The molecule has 17 heavy (non-hydrogen) atoms. The average Bonchev–Trinajstić information content (AvgIpc) is 2.60. The lowest BCUT2D eigenvalue weighted by molar-refractivity contribution is 0.607. The van der Waals surface area contributed by atoms with Crippen LogP contribution in [0.25, 0.3) is 0 Å². The standard InChI is InChI=1S/C13H19FN2S/c14-12-3-1-4-13(11(12)5-6-15)16-7-2-9-17-10-8-16/h1,3-4H,2,5-10,15H2. The van der Waals surface area contributed by atoms with Crippen molar-refractivity contribution in [3.63, 3.8) is 0 Å². The van der Waals surface area contributed by atoms with Crippen molar-refractivity contribution in [2.45, 2.75) is 12.8 Å². The highest BCUT2D eigenvalue weighted by atomic mass is 32.2. The summed E-state index contributed by atoms with van der Waals surface area (Å²) in [6.45, 7) is 2.52. The molecular formula is C13H19FN2S. The zero-order valence-corrected chi connectivity index (χ0v) is 10.8. The second-order valence-electron chi connectivity index (χ2n) is 4.23. The first-order valence-corrected chi connectivity index (χ1v) is 7.28. The Balaban J connectivity index is 2.25. The second kappa shape index (κ2) is 6.26. The minimum atomic E-state index is -0.121. The first-order valence-electron chi connectivity index (χ1n) is 6.13. The van der Waals surface area contributed by atoms with Crippen molar-refractivity contribution in [1.29, 1.82) is 0 Å². The topological polar surface area (TPSA) is 29.3 Å². The molecule has 2 rings (SSSR count). The summed E-state index contributed by atoms with van der Waals surface area (Å²) >= 11 is 1.98. The number of hydrogen-bond acceptors (Lipinski definition) is 3. The van der Waals surface area contributed by atoms with E-state index in [2.05, 4.69) is 4.90 Å². The van der Waals surface area contributed by atoms with Gasteiger partial charge in [0.05, 0.1) is 0 Å². The lowest BCUT2D eigenvalue weighted by Crippen LogP contribution is -2.27. The van der Waals surface area contributed by atoms with Crippen molar-refractivity contribution in [1.82, 2.24) is 0 Å². The highest BCUT2D eigenvalue weighted by Gasteiger charge is 2.15. The Morgan fingerprint density at radius 3 is 3.00 bits per heavy atom. The van der Waals surface area contributed by atoms with Crippen LogP contribution in [0, 0.1) is 5.82 Å². The van der Waals surface area contributed by atoms with E-state index in [-0.39, 0.29) is 5.82 Å². The zero-order chi connectivity index (χ0) is 12.1. The van der Waals surface area contributed by atoms with Crippen LogP contribution in [0.4, 0.5) is 10.1 Å². The van der Waals surface area contributed by atoms with Crippen molar-refractivity contribution >= 4 is 17.4 Å². The Labute approximate surface area is 106 Å². The molecule has 0 saturated carbocycles. The van der Waals surface area contributed by atoms with Crippen LogP contribution in [-0.2, 0) is 6.42 Å². The Hall–Kier alpha value is -0.740. The van der Waals surface area contributed by atoms with Gasteiger partial charge in [0.25, 0.3) is 0 Å². The van der Waals surface area contributed by atoms with Gasteiger partial charge in [-0.2, -0.15) is 11.8 Å². The minimum Gasteiger partial charge on any atom is -0.370 e. The molecule has 94 valence electrons. The fourth-order valence-corrected chi connectivity index (χ4v) is 3.11. The molecule has 1 heterocycles. The van der Waals surface area contributed by atoms with Crippen molar-refractivity contribution in [3.05, 3.63) is 29.6 Å². The highest BCUT2D eigenvalue weighted by molar-refractivity contribution is 7.99. The molecular weight excluding hydrogens is 235 g/mol. The van der Waals surface area contributed by atoms with E-state index >= 15 is 0 Å². The monoisotopic (exact) mass is 254 g/mol. The fourth-order valence-electron chi connectivity index (χ4n) is 2.22. The van der Waals surface area contributed by atoms with Gasteiger partial charge >= 0.3 is 0 Å². The molecule has 1 saturated heterocycles. The Bertz CT molecular complexity index is 362. The summed E-state index contributed by atoms with van der Waals surface area (Å²) in [5, 5.41) is 0. The van der Waals surface area contributed by atoms with Crippen molar-refractivity contribution in [3.8, 4) is 0 Å². The lowest BCUT2D eigenvalue weighted by Gasteiger charge is -2.25. The van der Waals surface area contributed by atoms with Gasteiger partial charge in [0.2, 0.25) is 0 Å². The summed E-state index contributed by atoms with van der Waals surface area (Å²) in [7, 11) is 0. The zero-order valence-electron chi connectivity index (χ0n) is 9.99. The summed E-state index contributed by atoms with van der Waals surface area (Å²) in [5.74, 6) is 2.21. The molecule has 4 heteroatoms. The third-order valence-electron chi connectivity index (χ3n) is 3.05. The van der Waals surface area contributed by atoms with E-state index in [9.17, 15) is 4.39 Å². The van der Waals surface area contributed by atoms with E-state index in [1.807, 2.05) is 17.8 Å². The molecule has 2 nitrogen and oxygen atoms in total. The molecule has 0 spiro atoms. The van der Waals surface area contributed by atoms with Gasteiger partial charge < -0.3 is 10.6 Å². The first kappa shape index (κ1) is 12.7. The second-order valence-corrected chi connectivity index (χ2v) is 5.45. The van der Waals surface area contributed by atoms with Gasteiger partial charge in [-0.25, -0.2) is 4.39 Å². The summed E-state index contributed by atoms with van der Waals surface area (Å²) in [4.78, 5) is 2.30. The van der Waals surface area contributed by atoms with E-state index in [1.165, 1.54) is 18.2 Å². The molecule has 0 bridgehead atoms. The normalized spacial score (nSPS) is 16.9. The maximum absolute atomic E-state index is 13.8. The van der Waals surface area contributed by atoms with E-state index < -0.39 is 0 Å². The number of halogens is 1. The predicted molar refractivity (Wildman–Crippen MR) is 73.3 cm³/mol. The van der Waals surface area contributed by atoms with Gasteiger partial charge in [-0.05, 0) is 37.3 Å². The molecule has 1 aliphatic rings. The summed E-state index contributed by atoms with van der Waals surface area (Å²) in [6, 6.07) is 5.34. The van der Waals surface area contributed by atoms with Gasteiger partial charge in [0, 0.05) is 30.1 Å². The molecule has 0 atom stereocenters. The Morgan fingerprint density at radius 2 is 2.18 bits per heavy atom. The van der Waals surface area contributed by atoms with Crippen LogP contribution in [0.2, 0.25) is 0 Å². The van der Waals surface area contributed by atoms with Crippen molar-refractivity contribution in [2.75, 3.05) is 36.0 Å². The van der Waals surface area contributed by atoms with Gasteiger partial charge in [0.1, 0.15) is 5.82 Å². The molecule has 0 aromatic heterocycles. The highest BCUT2D eigenvalue weighted by Crippen LogP contribution is 2.25. The average molecular weight is 254 g/mol. The predicted octanol–water partition coefficient (Wildman–Crippen LogP) is 2.27. The maximum atomic E-state index is 13.8. The van der Waals surface area contributed by atoms with Crippen LogP contribution < -0.4 is 10.6 Å². The summed E-state index contributed by atoms with van der Waals surface area (Å²) < 4.78 is 13.8. The van der Waals surface area contributed by atoms with E-state index in [4.69, 9.17) is 5.73 Å². The number of rotatable bonds is 3. The van der Waals surface area contributed by atoms with E-state index in [0.29, 0.717) is 13.0 Å². The maximum Gasteiger partial charge on any atom is 0.128 e. The van der Waals surface area contributed by atoms with Crippen LogP contribution in [0.15, 0.2) is 18.2 Å². The van der Waals surface area contributed by atoms with Crippen LogP contribution in [0.5, 0.6) is 0 Å². The molecule has 0 aliphatic carbocycles. The largest absolute Gasteiger partial charge is 0.370 e. The molecule has 1 fully saturated rings. The van der Waals surface area contributed by atoms with Gasteiger partial charge in [-0.3, -0.25) is 0 Å². The van der Waals surface area contributed by atoms with Crippen LogP contribution in [0.1, 0.15) is 12.0 Å². The number of anilines is 1. The third-order valence-corrected chi connectivity index (χ3v) is 4.10. The number of nitrogens with two attached hydrogens (primary N) is 1. The van der Waals surface area contributed by atoms with Crippen molar-refractivity contribution in [2.24, 2.45) is 5.73 Å². The number of benzene rings is 1. The van der Waals surface area contributed by atoms with Gasteiger partial charge in [-0.1, -0.05) is 6.07 Å². The molecule has 0 radical (unpaired) electrons. The SMILES string of the molecule is NCCc1c(F)cccc1N1CCCSCC1. The first-order chi connectivity index (χ1) is 8.33. The van der Waals surface area contributed by atoms with E-state index in [0.717, 1.165) is 30.1 Å². The molecule has 1 aromatic rings. The minimum absolute atomic E-state index is 0.121. The van der Waals surface area contributed by atoms with Gasteiger partial charge in [-0.15, -0.1) is 0 Å². The Morgan fingerprint density at radius 1 is 1.29 bits per heavy atom. The molecule has 2 N–H and O–H groups in total. The van der Waals surface area contributed by atoms with Crippen LogP contribution >= 0.6 is 11.8 Å². The van der Waals surface area contributed by atoms with Gasteiger partial charge in [0.15, 0.2) is 0 Å². The summed E-state index contributed by atoms with van der Waals surface area (Å²) in [5.41, 5.74) is 7.39. The van der Waals surface area contributed by atoms with Crippen molar-refractivity contribution < 1.29 is 4.39 Å². The molecule has 0 unspecified atom stereocenters. The van der Waals surface area contributed by atoms with Crippen LogP contribution in [-0.4, -0.2) is 31.1 Å². The molecule has 0 amide bonds. The summed E-state index contributed by atoms with van der Waals surface area (Å²) in [6.07, 6.45) is 1.79. The number of nitrogens with zero attached hydrogens (tertiary/aromatic N) is 1. The lowest BCUT2D eigenvalue weighted by atomic mass is 10.1. The quantitative estimate of drug-likeness (QED) is 0.897. The smallest absolute Gasteiger partial charge is 0.128 e. The molecule has 1 aliphatic heterocycles.